The smallest absolute Gasteiger partial charge is 0.0930 e. The fourth-order valence-corrected chi connectivity index (χ4v) is 1.33. The molecule has 1 aliphatic carbocycles. The predicted octanol–water partition coefficient (Wildman–Crippen LogP) is 2.29. The molecule has 1 saturated carbocycles. The van der Waals surface area contributed by atoms with E-state index in [9.17, 15) is 0 Å². The van der Waals surface area contributed by atoms with Gasteiger partial charge in [0.1, 0.15) is 0 Å². The zero-order chi connectivity index (χ0) is 7.23. The first-order valence-corrected chi connectivity index (χ1v) is 4.21. The van der Waals surface area contributed by atoms with E-state index in [0.29, 0.717) is 12.7 Å². The molecule has 60 valence electrons. The molecule has 10 heavy (non-hydrogen) atoms. The summed E-state index contributed by atoms with van der Waals surface area (Å²) in [7, 11) is 0. The normalized spacial score (nSPS) is 21.3. The summed E-state index contributed by atoms with van der Waals surface area (Å²) in [6.07, 6.45) is 6.72. The van der Waals surface area contributed by atoms with Crippen LogP contribution < -0.4 is 0 Å². The molecule has 0 aromatic carbocycles. The summed E-state index contributed by atoms with van der Waals surface area (Å²) in [4.78, 5) is 10.0. The van der Waals surface area contributed by atoms with Gasteiger partial charge in [-0.05, 0) is 19.8 Å². The van der Waals surface area contributed by atoms with Crippen LogP contribution in [-0.4, -0.2) is 12.7 Å². The van der Waals surface area contributed by atoms with Gasteiger partial charge in [-0.15, -0.1) is 0 Å². The summed E-state index contributed by atoms with van der Waals surface area (Å²) in [6, 6.07) is 0. The Morgan fingerprint density at radius 1 is 1.20 bits per heavy atom. The minimum Gasteiger partial charge on any atom is -0.237 e. The second kappa shape index (κ2) is 4.69. The summed E-state index contributed by atoms with van der Waals surface area (Å²) < 4.78 is 0. The topological polar surface area (TPSA) is 18.5 Å². The van der Waals surface area contributed by atoms with Crippen LogP contribution in [0.2, 0.25) is 0 Å². The fraction of sp³-hybridized carbons (Fsp3) is 1.00. The van der Waals surface area contributed by atoms with Crippen LogP contribution in [-0.2, 0) is 9.78 Å². The van der Waals surface area contributed by atoms with Crippen LogP contribution in [0.25, 0.3) is 0 Å². The molecule has 0 aromatic rings. The highest BCUT2D eigenvalue weighted by molar-refractivity contribution is 4.63. The van der Waals surface area contributed by atoms with Crippen molar-refractivity contribution >= 4 is 0 Å². The zero-order valence-electron chi connectivity index (χ0n) is 6.64. The van der Waals surface area contributed by atoms with Crippen molar-refractivity contribution in [3.05, 3.63) is 0 Å². The third kappa shape index (κ3) is 2.67. The van der Waals surface area contributed by atoms with Crippen molar-refractivity contribution < 1.29 is 9.78 Å². The molecular formula is C8H16O2. The molecule has 0 bridgehead atoms. The molecule has 0 aliphatic heterocycles. The average Bonchev–Trinajstić information content (AvgIpc) is 2.03. The van der Waals surface area contributed by atoms with Gasteiger partial charge in [-0.25, -0.2) is 9.78 Å². The lowest BCUT2D eigenvalue weighted by atomic mass is 9.98. The van der Waals surface area contributed by atoms with Gasteiger partial charge < -0.3 is 0 Å². The van der Waals surface area contributed by atoms with Gasteiger partial charge in [-0.2, -0.15) is 0 Å². The lowest BCUT2D eigenvalue weighted by Gasteiger charge is -2.19. The highest BCUT2D eigenvalue weighted by atomic mass is 17.2. The molecule has 0 amide bonds. The van der Waals surface area contributed by atoms with Crippen LogP contribution in [0.3, 0.4) is 0 Å². The van der Waals surface area contributed by atoms with Crippen molar-refractivity contribution in [1.82, 2.24) is 0 Å². The summed E-state index contributed by atoms with van der Waals surface area (Å²) in [5.41, 5.74) is 0. The Bertz CT molecular complexity index is 77.3. The van der Waals surface area contributed by atoms with E-state index in [-0.39, 0.29) is 0 Å². The van der Waals surface area contributed by atoms with Gasteiger partial charge in [0.2, 0.25) is 0 Å². The van der Waals surface area contributed by atoms with E-state index in [1.54, 1.807) is 0 Å². The van der Waals surface area contributed by atoms with Crippen LogP contribution in [0.15, 0.2) is 0 Å². The minimum atomic E-state index is 0.383. The number of rotatable bonds is 3. The summed E-state index contributed by atoms with van der Waals surface area (Å²) >= 11 is 0. The van der Waals surface area contributed by atoms with Gasteiger partial charge in [0.15, 0.2) is 0 Å². The molecule has 1 rings (SSSR count). The zero-order valence-corrected chi connectivity index (χ0v) is 6.64. The van der Waals surface area contributed by atoms with E-state index in [4.69, 9.17) is 9.78 Å². The molecule has 2 nitrogen and oxygen atoms in total. The number of hydrogen-bond donors (Lipinski definition) is 0. The Balaban J connectivity index is 2.02. The lowest BCUT2D eigenvalue weighted by molar-refractivity contribution is -0.325. The molecule has 1 fully saturated rings. The molecule has 0 atom stereocenters. The molecule has 2 heteroatoms. The average molecular weight is 144 g/mol. The van der Waals surface area contributed by atoms with E-state index in [2.05, 4.69) is 0 Å². The lowest BCUT2D eigenvalue weighted by Crippen LogP contribution is -2.16. The first kappa shape index (κ1) is 8.02. The van der Waals surface area contributed by atoms with Crippen molar-refractivity contribution in [2.45, 2.75) is 45.1 Å². The largest absolute Gasteiger partial charge is 0.237 e. The van der Waals surface area contributed by atoms with Crippen LogP contribution in [0.4, 0.5) is 0 Å². The third-order valence-electron chi connectivity index (χ3n) is 1.87. The first-order valence-electron chi connectivity index (χ1n) is 4.21. The van der Waals surface area contributed by atoms with Gasteiger partial charge in [0.05, 0.1) is 12.7 Å². The van der Waals surface area contributed by atoms with E-state index in [1.807, 2.05) is 6.92 Å². The first-order chi connectivity index (χ1) is 4.93. The Hall–Kier alpha value is -0.0800. The van der Waals surface area contributed by atoms with Crippen LogP contribution in [0, 0.1) is 0 Å². The second-order valence-corrected chi connectivity index (χ2v) is 2.76. The highest BCUT2D eigenvalue weighted by Gasteiger charge is 2.13. The molecule has 0 radical (unpaired) electrons. The van der Waals surface area contributed by atoms with Gasteiger partial charge in [0.25, 0.3) is 0 Å². The Kier molecular flexibility index (Phi) is 3.76. The molecule has 0 spiro atoms. The van der Waals surface area contributed by atoms with Crippen molar-refractivity contribution in [2.75, 3.05) is 6.61 Å². The Morgan fingerprint density at radius 3 is 2.50 bits per heavy atom. The maximum absolute atomic E-state index is 5.13. The maximum Gasteiger partial charge on any atom is 0.0930 e. The SMILES string of the molecule is CCOOC1CCCCC1. The van der Waals surface area contributed by atoms with E-state index < -0.39 is 0 Å². The van der Waals surface area contributed by atoms with Crippen molar-refractivity contribution in [1.29, 1.82) is 0 Å². The minimum absolute atomic E-state index is 0.383. The molecule has 0 N–H and O–H groups in total. The molecule has 0 aromatic heterocycles. The van der Waals surface area contributed by atoms with Crippen LogP contribution in [0.1, 0.15) is 39.0 Å². The molecule has 0 saturated heterocycles. The molecule has 1 aliphatic rings. The standard InChI is InChI=1S/C8H16O2/c1-2-9-10-8-6-4-3-5-7-8/h8H,2-7H2,1H3. The highest BCUT2D eigenvalue weighted by Crippen LogP contribution is 2.20. The van der Waals surface area contributed by atoms with Crippen LogP contribution in [0.5, 0.6) is 0 Å². The van der Waals surface area contributed by atoms with Gasteiger partial charge in [0, 0.05) is 0 Å². The van der Waals surface area contributed by atoms with Crippen molar-refractivity contribution in [2.24, 2.45) is 0 Å². The molecular weight excluding hydrogens is 128 g/mol. The van der Waals surface area contributed by atoms with Gasteiger partial charge >= 0.3 is 0 Å². The van der Waals surface area contributed by atoms with Gasteiger partial charge in [-0.1, -0.05) is 19.3 Å². The van der Waals surface area contributed by atoms with Crippen molar-refractivity contribution in [3.8, 4) is 0 Å². The Labute approximate surface area is 62.4 Å². The van der Waals surface area contributed by atoms with E-state index in [1.165, 1.54) is 32.1 Å². The van der Waals surface area contributed by atoms with Crippen molar-refractivity contribution in [3.63, 3.8) is 0 Å². The third-order valence-corrected chi connectivity index (χ3v) is 1.87. The summed E-state index contributed by atoms with van der Waals surface area (Å²) in [5, 5.41) is 0. The monoisotopic (exact) mass is 144 g/mol. The number of hydrogen-bond acceptors (Lipinski definition) is 2. The maximum atomic E-state index is 5.13. The molecule has 0 unspecified atom stereocenters. The summed E-state index contributed by atoms with van der Waals surface area (Å²) in [5.74, 6) is 0. The van der Waals surface area contributed by atoms with E-state index in [0.717, 1.165) is 0 Å². The van der Waals surface area contributed by atoms with E-state index >= 15 is 0 Å². The van der Waals surface area contributed by atoms with Crippen LogP contribution >= 0.6 is 0 Å². The Morgan fingerprint density at radius 2 is 1.90 bits per heavy atom. The fourth-order valence-electron chi connectivity index (χ4n) is 1.33. The van der Waals surface area contributed by atoms with Gasteiger partial charge in [-0.3, -0.25) is 0 Å². The second-order valence-electron chi connectivity index (χ2n) is 2.76. The predicted molar refractivity (Wildman–Crippen MR) is 39.6 cm³/mol. The quantitative estimate of drug-likeness (QED) is 0.447. The summed E-state index contributed by atoms with van der Waals surface area (Å²) in [6.45, 7) is 2.61. The molecule has 0 heterocycles.